The second-order valence-electron chi connectivity index (χ2n) is 10.4. The summed E-state index contributed by atoms with van der Waals surface area (Å²) >= 11 is 0. The first kappa shape index (κ1) is 22.6. The molecule has 9 heteroatoms. The second-order valence-corrected chi connectivity index (χ2v) is 10.4. The molecule has 3 atom stereocenters. The third-order valence-electron chi connectivity index (χ3n) is 7.39. The number of nitrogens with one attached hydrogen (secondary N) is 2. The van der Waals surface area contributed by atoms with E-state index in [1.165, 1.54) is 0 Å². The highest BCUT2D eigenvalue weighted by atomic mass is 19.3. The highest BCUT2D eigenvalue weighted by molar-refractivity contribution is 5.78. The number of halogens is 4. The zero-order valence-corrected chi connectivity index (χ0v) is 18.4. The molecular formula is C24H30F4N4O. The van der Waals surface area contributed by atoms with Gasteiger partial charge in [-0.3, -0.25) is 4.79 Å². The Morgan fingerprint density at radius 2 is 1.85 bits per heavy atom. The average Bonchev–Trinajstić information content (AvgIpc) is 3.36. The van der Waals surface area contributed by atoms with Gasteiger partial charge in [-0.1, -0.05) is 6.07 Å². The van der Waals surface area contributed by atoms with Gasteiger partial charge in [-0.2, -0.15) is 0 Å². The predicted octanol–water partition coefficient (Wildman–Crippen LogP) is 5.39. The molecule has 0 radical (unpaired) electrons. The number of nitrogens with two attached hydrogens (primary N) is 1. The summed E-state index contributed by atoms with van der Waals surface area (Å²) in [6.07, 6.45) is 2.47. The maximum atomic E-state index is 13.5. The van der Waals surface area contributed by atoms with E-state index < -0.39 is 17.9 Å². The molecule has 3 saturated carbocycles. The fourth-order valence-electron chi connectivity index (χ4n) is 5.46. The van der Waals surface area contributed by atoms with Crippen molar-refractivity contribution in [2.24, 2.45) is 23.5 Å². The Morgan fingerprint density at radius 1 is 1.12 bits per heavy atom. The number of hydrogen-bond acceptors (Lipinski definition) is 3. The normalized spacial score (nSPS) is 26.2. The molecule has 3 aliphatic rings. The highest BCUT2D eigenvalue weighted by Gasteiger charge is 2.46. The van der Waals surface area contributed by atoms with Crippen LogP contribution in [-0.2, 0) is 4.79 Å². The lowest BCUT2D eigenvalue weighted by atomic mass is 9.79. The van der Waals surface area contributed by atoms with Crippen LogP contribution >= 0.6 is 0 Å². The monoisotopic (exact) mass is 466 g/mol. The van der Waals surface area contributed by atoms with Crippen molar-refractivity contribution in [1.29, 1.82) is 0 Å². The van der Waals surface area contributed by atoms with Crippen LogP contribution in [0.1, 0.15) is 81.3 Å². The molecule has 0 unspecified atom stereocenters. The van der Waals surface area contributed by atoms with Crippen molar-refractivity contribution in [3.05, 3.63) is 29.6 Å². The summed E-state index contributed by atoms with van der Waals surface area (Å²) in [7, 11) is 0. The van der Waals surface area contributed by atoms with Gasteiger partial charge in [0.05, 0.1) is 23.1 Å². The molecule has 0 spiro atoms. The van der Waals surface area contributed by atoms with Gasteiger partial charge in [-0.25, -0.2) is 22.5 Å². The van der Waals surface area contributed by atoms with Crippen LogP contribution in [0.3, 0.4) is 0 Å². The van der Waals surface area contributed by atoms with Crippen molar-refractivity contribution < 1.29 is 22.4 Å². The molecular weight excluding hydrogens is 436 g/mol. The number of amides is 1. The van der Waals surface area contributed by atoms with Crippen LogP contribution in [0.25, 0.3) is 11.0 Å². The highest BCUT2D eigenvalue weighted by Crippen LogP contribution is 2.45. The van der Waals surface area contributed by atoms with E-state index in [-0.39, 0.29) is 55.9 Å². The van der Waals surface area contributed by atoms with Gasteiger partial charge in [0.25, 0.3) is 0 Å². The van der Waals surface area contributed by atoms with Crippen molar-refractivity contribution >= 4 is 16.9 Å². The average molecular weight is 467 g/mol. The molecule has 3 aliphatic carbocycles. The lowest BCUT2D eigenvalue weighted by molar-refractivity contribution is -0.134. The molecule has 1 aromatic heterocycles. The zero-order valence-electron chi connectivity index (χ0n) is 18.4. The van der Waals surface area contributed by atoms with Crippen LogP contribution in [0, 0.1) is 17.8 Å². The lowest BCUT2D eigenvalue weighted by Gasteiger charge is -2.34. The predicted molar refractivity (Wildman–Crippen MR) is 116 cm³/mol. The van der Waals surface area contributed by atoms with Gasteiger partial charge in [-0.05, 0) is 61.1 Å². The number of rotatable bonds is 8. The third kappa shape index (κ3) is 5.18. The van der Waals surface area contributed by atoms with E-state index in [2.05, 4.69) is 15.3 Å². The quantitative estimate of drug-likeness (QED) is 0.456. The Hall–Kier alpha value is -2.16. The van der Waals surface area contributed by atoms with Crippen LogP contribution in [0.4, 0.5) is 17.6 Å². The lowest BCUT2D eigenvalue weighted by Crippen LogP contribution is -2.39. The van der Waals surface area contributed by atoms with Crippen LogP contribution < -0.4 is 11.1 Å². The summed E-state index contributed by atoms with van der Waals surface area (Å²) < 4.78 is 53.1. The SMILES string of the molecule is N[C@@H](C[C@H]1CCC(F)(F)C1)c1nc2ccc([C@H](NC(=O)CC3CC(F)(F)C3)C3CC3)cc2[nH]1. The molecule has 2 aromatic rings. The van der Waals surface area contributed by atoms with Crippen LogP contribution in [0.2, 0.25) is 0 Å². The molecule has 1 amide bonds. The van der Waals surface area contributed by atoms with E-state index in [1.807, 2.05) is 18.2 Å². The van der Waals surface area contributed by atoms with Gasteiger partial charge in [-0.15, -0.1) is 0 Å². The number of aromatic amines is 1. The summed E-state index contributed by atoms with van der Waals surface area (Å²) in [4.78, 5) is 20.3. The van der Waals surface area contributed by atoms with Crippen molar-refractivity contribution in [3.63, 3.8) is 0 Å². The molecule has 4 N–H and O–H groups in total. The van der Waals surface area contributed by atoms with Gasteiger partial charge in [0.1, 0.15) is 5.82 Å². The van der Waals surface area contributed by atoms with E-state index in [1.54, 1.807) is 0 Å². The molecule has 5 nitrogen and oxygen atoms in total. The minimum Gasteiger partial charge on any atom is -0.349 e. The minimum absolute atomic E-state index is 0.0780. The standard InChI is InChI=1S/C24H30F4N4O/c25-23(26)6-5-13(10-23)7-17(29)22-30-18-4-3-16(9-19(18)31-22)21(15-1-2-15)32-20(33)8-14-11-24(27,28)12-14/h3-4,9,13-15,17,21H,1-2,5-8,10-12,29H2,(H,30,31)(H,32,33)/t13-,17+,21-/m1/s1. The first-order chi connectivity index (χ1) is 15.6. The van der Waals surface area contributed by atoms with Crippen LogP contribution in [-0.4, -0.2) is 27.7 Å². The molecule has 0 saturated heterocycles. The number of alkyl halides is 4. The van der Waals surface area contributed by atoms with Gasteiger partial charge < -0.3 is 16.0 Å². The van der Waals surface area contributed by atoms with Crippen molar-refractivity contribution in [1.82, 2.24) is 15.3 Å². The fraction of sp³-hybridized carbons (Fsp3) is 0.667. The number of carbonyl (C=O) groups excluding carboxylic acids is 1. The first-order valence-corrected chi connectivity index (χ1v) is 11.9. The molecule has 5 rings (SSSR count). The number of nitrogens with zero attached hydrogens (tertiary/aromatic N) is 1. The molecule has 3 fully saturated rings. The van der Waals surface area contributed by atoms with E-state index in [9.17, 15) is 22.4 Å². The van der Waals surface area contributed by atoms with Gasteiger partial charge in [0.2, 0.25) is 17.8 Å². The number of aromatic nitrogens is 2. The van der Waals surface area contributed by atoms with E-state index in [4.69, 9.17) is 5.73 Å². The maximum Gasteiger partial charge on any atom is 0.248 e. The third-order valence-corrected chi connectivity index (χ3v) is 7.39. The van der Waals surface area contributed by atoms with Crippen molar-refractivity contribution in [2.45, 2.75) is 81.7 Å². The van der Waals surface area contributed by atoms with Gasteiger partial charge >= 0.3 is 0 Å². The van der Waals surface area contributed by atoms with Gasteiger partial charge in [0, 0.05) is 32.1 Å². The van der Waals surface area contributed by atoms with E-state index in [0.29, 0.717) is 24.6 Å². The van der Waals surface area contributed by atoms with Crippen molar-refractivity contribution in [2.75, 3.05) is 0 Å². The summed E-state index contributed by atoms with van der Waals surface area (Å²) in [5.74, 6) is -4.84. The van der Waals surface area contributed by atoms with E-state index >= 15 is 0 Å². The fourth-order valence-corrected chi connectivity index (χ4v) is 5.46. The van der Waals surface area contributed by atoms with Gasteiger partial charge in [0.15, 0.2) is 0 Å². The van der Waals surface area contributed by atoms with Crippen molar-refractivity contribution in [3.8, 4) is 0 Å². The molecule has 33 heavy (non-hydrogen) atoms. The molecule has 1 aromatic carbocycles. The van der Waals surface area contributed by atoms with Crippen LogP contribution in [0.15, 0.2) is 18.2 Å². The number of fused-ring (bicyclic) bond motifs is 1. The number of H-pyrrole nitrogens is 1. The minimum atomic E-state index is -2.62. The second kappa shape index (κ2) is 8.25. The first-order valence-electron chi connectivity index (χ1n) is 11.9. The topological polar surface area (TPSA) is 83.8 Å². The summed E-state index contributed by atoms with van der Waals surface area (Å²) in [5.41, 5.74) is 8.75. The Labute approximate surface area is 189 Å². The van der Waals surface area contributed by atoms with Crippen LogP contribution in [0.5, 0.6) is 0 Å². The smallest absolute Gasteiger partial charge is 0.248 e. The zero-order chi connectivity index (χ0) is 23.4. The summed E-state index contributed by atoms with van der Waals surface area (Å²) in [5, 5.41) is 3.06. The molecule has 1 heterocycles. The largest absolute Gasteiger partial charge is 0.349 e. The number of imidazole rings is 1. The van der Waals surface area contributed by atoms with E-state index in [0.717, 1.165) is 29.4 Å². The Kier molecular flexibility index (Phi) is 5.66. The molecule has 0 bridgehead atoms. The molecule has 180 valence electrons. The summed E-state index contributed by atoms with van der Waals surface area (Å²) in [6, 6.07) is 5.14. The Bertz CT molecular complexity index is 1030. The number of carbonyl (C=O) groups is 1. The number of hydrogen-bond donors (Lipinski definition) is 3. The Morgan fingerprint density at radius 3 is 2.48 bits per heavy atom. The Balaban J connectivity index is 1.25. The molecule has 0 aliphatic heterocycles. The summed E-state index contributed by atoms with van der Waals surface area (Å²) in [6.45, 7) is 0. The number of benzene rings is 1. The maximum absolute atomic E-state index is 13.5.